The molecule has 0 aliphatic carbocycles. The van der Waals surface area contributed by atoms with Gasteiger partial charge in [0.25, 0.3) is 5.91 Å². The molecule has 1 aliphatic heterocycles. The summed E-state index contributed by atoms with van der Waals surface area (Å²) in [5, 5.41) is 3.06. The van der Waals surface area contributed by atoms with Crippen molar-refractivity contribution in [1.82, 2.24) is 10.2 Å². The minimum Gasteiger partial charge on any atom is -0.466 e. The van der Waals surface area contributed by atoms with Crippen molar-refractivity contribution < 1.29 is 19.1 Å². The smallest absolute Gasteiger partial charge is 0.310 e. The summed E-state index contributed by atoms with van der Waals surface area (Å²) >= 11 is 12.0. The Morgan fingerprint density at radius 2 is 2.08 bits per heavy atom. The van der Waals surface area contributed by atoms with Gasteiger partial charge < -0.3 is 15.0 Å². The zero-order valence-corrected chi connectivity index (χ0v) is 16.3. The predicted octanol–water partition coefficient (Wildman–Crippen LogP) is 2.91. The van der Waals surface area contributed by atoms with E-state index in [0.29, 0.717) is 26.1 Å². The first-order valence-corrected chi connectivity index (χ1v) is 9.31. The standard InChI is InChI=1S/C18H22Cl2N2O4/c1-3-26-18(25)12-6-5-9-22(10-12)17(24)11(2)21-16(23)13-7-4-8-14(19)15(13)20/h4,7-8,11-12H,3,5-6,9-10H2,1-2H3,(H,21,23)/t11-,12-/m0/s1. The Morgan fingerprint density at radius 3 is 2.77 bits per heavy atom. The number of hydrogen-bond donors (Lipinski definition) is 1. The number of carbonyl (C=O) groups excluding carboxylic acids is 3. The molecule has 0 aromatic heterocycles. The Balaban J connectivity index is 1.99. The van der Waals surface area contributed by atoms with Crippen LogP contribution in [0.3, 0.4) is 0 Å². The van der Waals surface area contributed by atoms with Gasteiger partial charge in [-0.05, 0) is 38.8 Å². The molecule has 1 heterocycles. The molecular weight excluding hydrogens is 379 g/mol. The number of ether oxygens (including phenoxy) is 1. The van der Waals surface area contributed by atoms with E-state index in [4.69, 9.17) is 27.9 Å². The van der Waals surface area contributed by atoms with Crippen molar-refractivity contribution in [2.75, 3.05) is 19.7 Å². The van der Waals surface area contributed by atoms with E-state index in [1.807, 2.05) is 0 Å². The Kier molecular flexibility index (Phi) is 7.29. The molecule has 2 rings (SSSR count). The number of amides is 2. The minimum atomic E-state index is -0.751. The van der Waals surface area contributed by atoms with Gasteiger partial charge >= 0.3 is 5.97 Å². The van der Waals surface area contributed by atoms with E-state index < -0.39 is 11.9 Å². The number of halogens is 2. The summed E-state index contributed by atoms with van der Waals surface area (Å²) in [4.78, 5) is 38.5. The molecule has 1 aromatic carbocycles. The molecule has 1 N–H and O–H groups in total. The summed E-state index contributed by atoms with van der Waals surface area (Å²) in [5.74, 6) is -1.33. The van der Waals surface area contributed by atoms with Gasteiger partial charge in [-0.3, -0.25) is 14.4 Å². The van der Waals surface area contributed by atoms with E-state index in [2.05, 4.69) is 5.32 Å². The highest BCUT2D eigenvalue weighted by molar-refractivity contribution is 6.43. The normalized spacial score (nSPS) is 18.2. The molecule has 1 aromatic rings. The number of nitrogens with one attached hydrogen (secondary N) is 1. The molecule has 8 heteroatoms. The lowest BCUT2D eigenvalue weighted by Crippen LogP contribution is -2.51. The maximum atomic E-state index is 12.6. The molecule has 142 valence electrons. The second-order valence-electron chi connectivity index (χ2n) is 6.17. The molecule has 0 radical (unpaired) electrons. The van der Waals surface area contributed by atoms with Crippen LogP contribution in [0.15, 0.2) is 18.2 Å². The molecule has 0 saturated carbocycles. The van der Waals surface area contributed by atoms with Crippen LogP contribution in [-0.4, -0.2) is 48.4 Å². The number of carbonyl (C=O) groups is 3. The fourth-order valence-electron chi connectivity index (χ4n) is 2.92. The van der Waals surface area contributed by atoms with Crippen LogP contribution in [0.1, 0.15) is 37.0 Å². The summed E-state index contributed by atoms with van der Waals surface area (Å²) in [6, 6.07) is 3.99. The van der Waals surface area contributed by atoms with Crippen molar-refractivity contribution in [3.8, 4) is 0 Å². The number of nitrogens with zero attached hydrogens (tertiary/aromatic N) is 1. The van der Waals surface area contributed by atoms with E-state index in [1.54, 1.807) is 36.9 Å². The topological polar surface area (TPSA) is 75.7 Å². The highest BCUT2D eigenvalue weighted by Crippen LogP contribution is 2.25. The van der Waals surface area contributed by atoms with Crippen LogP contribution in [0.4, 0.5) is 0 Å². The lowest BCUT2D eigenvalue weighted by Gasteiger charge is -2.33. The van der Waals surface area contributed by atoms with Gasteiger partial charge in [-0.15, -0.1) is 0 Å². The molecular formula is C18H22Cl2N2O4. The second-order valence-corrected chi connectivity index (χ2v) is 6.96. The molecule has 0 bridgehead atoms. The van der Waals surface area contributed by atoms with E-state index in [1.165, 1.54) is 0 Å². The number of likely N-dealkylation sites (tertiary alicyclic amines) is 1. The molecule has 0 unspecified atom stereocenters. The van der Waals surface area contributed by atoms with Gasteiger partial charge in [-0.2, -0.15) is 0 Å². The van der Waals surface area contributed by atoms with Crippen LogP contribution in [0.5, 0.6) is 0 Å². The van der Waals surface area contributed by atoms with Gasteiger partial charge in [0.2, 0.25) is 5.91 Å². The van der Waals surface area contributed by atoms with E-state index >= 15 is 0 Å². The van der Waals surface area contributed by atoms with Crippen LogP contribution in [0.2, 0.25) is 10.0 Å². The van der Waals surface area contributed by atoms with Crippen LogP contribution < -0.4 is 5.32 Å². The van der Waals surface area contributed by atoms with Crippen molar-refractivity contribution in [2.45, 2.75) is 32.7 Å². The maximum absolute atomic E-state index is 12.6. The molecule has 2 amide bonds. The van der Waals surface area contributed by atoms with Crippen molar-refractivity contribution >= 4 is 41.0 Å². The van der Waals surface area contributed by atoms with Crippen molar-refractivity contribution in [3.63, 3.8) is 0 Å². The fourth-order valence-corrected chi connectivity index (χ4v) is 3.31. The molecule has 6 nitrogen and oxygen atoms in total. The number of hydrogen-bond acceptors (Lipinski definition) is 4. The molecule has 0 spiro atoms. The van der Waals surface area contributed by atoms with Crippen LogP contribution in [-0.2, 0) is 14.3 Å². The summed E-state index contributed by atoms with van der Waals surface area (Å²) in [7, 11) is 0. The fraction of sp³-hybridized carbons (Fsp3) is 0.500. The number of rotatable bonds is 5. The van der Waals surface area contributed by atoms with E-state index in [-0.39, 0.29) is 33.4 Å². The summed E-state index contributed by atoms with van der Waals surface area (Å²) in [6.07, 6.45) is 1.41. The first kappa shape index (κ1) is 20.5. The van der Waals surface area contributed by atoms with Crippen molar-refractivity contribution in [1.29, 1.82) is 0 Å². The first-order valence-electron chi connectivity index (χ1n) is 8.55. The average molecular weight is 401 g/mol. The predicted molar refractivity (Wildman–Crippen MR) is 99.3 cm³/mol. The summed E-state index contributed by atoms with van der Waals surface area (Å²) < 4.78 is 5.04. The van der Waals surface area contributed by atoms with Gasteiger partial charge in [0.05, 0.1) is 28.1 Å². The minimum absolute atomic E-state index is 0.145. The Bertz CT molecular complexity index is 696. The highest BCUT2D eigenvalue weighted by atomic mass is 35.5. The monoisotopic (exact) mass is 400 g/mol. The third-order valence-corrected chi connectivity index (χ3v) is 5.09. The van der Waals surface area contributed by atoms with Crippen LogP contribution in [0.25, 0.3) is 0 Å². The number of benzene rings is 1. The van der Waals surface area contributed by atoms with Crippen LogP contribution in [0, 0.1) is 5.92 Å². The van der Waals surface area contributed by atoms with Crippen LogP contribution >= 0.6 is 23.2 Å². The highest BCUT2D eigenvalue weighted by Gasteiger charge is 2.31. The lowest BCUT2D eigenvalue weighted by atomic mass is 9.97. The zero-order valence-electron chi connectivity index (χ0n) is 14.8. The largest absolute Gasteiger partial charge is 0.466 e. The summed E-state index contributed by atoms with van der Waals surface area (Å²) in [5.41, 5.74) is 0.210. The number of piperidine rings is 1. The molecule has 1 fully saturated rings. The zero-order chi connectivity index (χ0) is 19.3. The van der Waals surface area contributed by atoms with E-state index in [0.717, 1.165) is 6.42 Å². The Morgan fingerprint density at radius 1 is 1.35 bits per heavy atom. The van der Waals surface area contributed by atoms with Crippen molar-refractivity contribution in [2.24, 2.45) is 5.92 Å². The first-order chi connectivity index (χ1) is 12.3. The van der Waals surface area contributed by atoms with Crippen molar-refractivity contribution in [3.05, 3.63) is 33.8 Å². The summed E-state index contributed by atoms with van der Waals surface area (Å²) in [6.45, 7) is 4.52. The maximum Gasteiger partial charge on any atom is 0.310 e. The van der Waals surface area contributed by atoms with Gasteiger partial charge in [0.15, 0.2) is 0 Å². The number of esters is 1. The van der Waals surface area contributed by atoms with Gasteiger partial charge in [0.1, 0.15) is 6.04 Å². The lowest BCUT2D eigenvalue weighted by molar-refractivity contribution is -0.151. The van der Waals surface area contributed by atoms with Gasteiger partial charge in [-0.25, -0.2) is 0 Å². The average Bonchev–Trinajstić information content (AvgIpc) is 2.63. The van der Waals surface area contributed by atoms with E-state index in [9.17, 15) is 14.4 Å². The SMILES string of the molecule is CCOC(=O)[C@H]1CCCN(C(=O)[C@H](C)NC(=O)c2cccc(Cl)c2Cl)C1. The molecule has 26 heavy (non-hydrogen) atoms. The van der Waals surface area contributed by atoms with Gasteiger partial charge in [-0.1, -0.05) is 29.3 Å². The quantitative estimate of drug-likeness (QED) is 0.770. The second kappa shape index (κ2) is 9.24. The molecule has 1 saturated heterocycles. The molecule has 2 atom stereocenters. The third kappa shape index (κ3) is 4.89. The van der Waals surface area contributed by atoms with Gasteiger partial charge in [0, 0.05) is 13.1 Å². The third-order valence-electron chi connectivity index (χ3n) is 4.27. The Hall–Kier alpha value is -1.79. The Labute approximate surface area is 162 Å². The molecule has 1 aliphatic rings.